The predicted molar refractivity (Wildman–Crippen MR) is 58.5 cm³/mol. The van der Waals surface area contributed by atoms with E-state index >= 15 is 0 Å². The van der Waals surface area contributed by atoms with Gasteiger partial charge in [-0.2, -0.15) is 26.3 Å². The minimum Gasteiger partial charge on any atom is -0.470 e. The highest BCUT2D eigenvalue weighted by molar-refractivity contribution is 6.23. The Labute approximate surface area is 114 Å². The van der Waals surface area contributed by atoms with Crippen molar-refractivity contribution in [2.24, 2.45) is 5.73 Å². The van der Waals surface area contributed by atoms with Gasteiger partial charge in [-0.1, -0.05) is 0 Å². The third kappa shape index (κ3) is 2.96. The van der Waals surface area contributed by atoms with Gasteiger partial charge < -0.3 is 10.5 Å². The molecule has 0 bridgehead atoms. The highest BCUT2D eigenvalue weighted by atomic mass is 19.4. The van der Waals surface area contributed by atoms with Crippen LogP contribution >= 0.6 is 0 Å². The summed E-state index contributed by atoms with van der Waals surface area (Å²) in [6.07, 6.45) is -9.98. The zero-order valence-electron chi connectivity index (χ0n) is 10.1. The number of hydrogen-bond acceptors (Lipinski definition) is 3. The fourth-order valence-corrected chi connectivity index (χ4v) is 1.83. The van der Waals surface area contributed by atoms with Gasteiger partial charge in [-0.3, -0.25) is 4.79 Å². The number of hydrogen-bond donors (Lipinski definition) is 1. The molecule has 1 aromatic carbocycles. The lowest BCUT2D eigenvalue weighted by Crippen LogP contribution is -2.13. The van der Waals surface area contributed by atoms with E-state index in [2.05, 4.69) is 4.74 Å². The molecule has 2 N–H and O–H groups in total. The number of carbonyl (C=O) groups excluding carboxylic acids is 1. The summed E-state index contributed by atoms with van der Waals surface area (Å²) in [5, 5.41) is 0. The third-order valence-electron chi connectivity index (χ3n) is 2.76. The zero-order valence-corrected chi connectivity index (χ0v) is 10.1. The first-order valence-electron chi connectivity index (χ1n) is 5.46. The molecular formula is C12H7F6NO2. The highest BCUT2D eigenvalue weighted by Crippen LogP contribution is 2.38. The first kappa shape index (κ1) is 15.2. The molecule has 1 heterocycles. The molecule has 0 spiro atoms. The summed E-state index contributed by atoms with van der Waals surface area (Å²) in [4.78, 5) is 11.5. The Morgan fingerprint density at radius 1 is 0.952 bits per heavy atom. The standard InChI is InChI=1S/C12H7F6NO2/c13-11(14,15)6-1-5(2-7(3-6)12(16,17)18)9-8(20)4-21-10(9)19/h1-3H,4,19H2. The molecule has 0 aromatic heterocycles. The van der Waals surface area contributed by atoms with E-state index in [9.17, 15) is 31.1 Å². The topological polar surface area (TPSA) is 52.3 Å². The normalized spacial score (nSPS) is 16.4. The summed E-state index contributed by atoms with van der Waals surface area (Å²) in [5.41, 5.74) is 1.20. The van der Waals surface area contributed by atoms with Crippen molar-refractivity contribution >= 4 is 11.4 Å². The fourth-order valence-electron chi connectivity index (χ4n) is 1.83. The van der Waals surface area contributed by atoms with Crippen molar-refractivity contribution in [3.05, 3.63) is 40.8 Å². The quantitative estimate of drug-likeness (QED) is 0.811. The lowest BCUT2D eigenvalue weighted by atomic mass is 9.97. The van der Waals surface area contributed by atoms with Crippen molar-refractivity contribution in [2.75, 3.05) is 6.61 Å². The molecule has 1 aliphatic heterocycles. The average molecular weight is 311 g/mol. The molecule has 0 unspecified atom stereocenters. The molecule has 0 amide bonds. The molecule has 1 aromatic rings. The van der Waals surface area contributed by atoms with Crippen molar-refractivity contribution in [2.45, 2.75) is 12.4 Å². The molecule has 9 heteroatoms. The second kappa shape index (κ2) is 4.68. The predicted octanol–water partition coefficient (Wildman–Crippen LogP) is 2.95. The van der Waals surface area contributed by atoms with Crippen molar-refractivity contribution in [1.82, 2.24) is 0 Å². The molecule has 21 heavy (non-hydrogen) atoms. The molecule has 1 aliphatic rings. The van der Waals surface area contributed by atoms with Crippen LogP contribution < -0.4 is 5.73 Å². The molecule has 0 atom stereocenters. The van der Waals surface area contributed by atoms with E-state index in [1.165, 1.54) is 0 Å². The van der Waals surface area contributed by atoms with Crippen LogP contribution in [0.2, 0.25) is 0 Å². The van der Waals surface area contributed by atoms with E-state index in [1.54, 1.807) is 0 Å². The number of ether oxygens (including phenoxy) is 1. The van der Waals surface area contributed by atoms with Crippen LogP contribution in [0.3, 0.4) is 0 Å². The largest absolute Gasteiger partial charge is 0.470 e. The summed E-state index contributed by atoms with van der Waals surface area (Å²) >= 11 is 0. The SMILES string of the molecule is NC1=C(c2cc(C(F)(F)F)cc(C(F)(F)F)c2)C(=O)CO1. The van der Waals surface area contributed by atoms with E-state index < -0.39 is 52.9 Å². The molecule has 0 fully saturated rings. The van der Waals surface area contributed by atoms with Gasteiger partial charge in [0, 0.05) is 0 Å². The van der Waals surface area contributed by atoms with Gasteiger partial charge in [-0.15, -0.1) is 0 Å². The van der Waals surface area contributed by atoms with Gasteiger partial charge in [0.2, 0.25) is 5.78 Å². The van der Waals surface area contributed by atoms with Gasteiger partial charge >= 0.3 is 12.4 Å². The highest BCUT2D eigenvalue weighted by Gasteiger charge is 2.38. The Morgan fingerprint density at radius 3 is 1.76 bits per heavy atom. The second-order valence-corrected chi connectivity index (χ2v) is 4.25. The van der Waals surface area contributed by atoms with Crippen LogP contribution in [0.1, 0.15) is 16.7 Å². The monoisotopic (exact) mass is 311 g/mol. The summed E-state index contributed by atoms with van der Waals surface area (Å²) in [7, 11) is 0. The lowest BCUT2D eigenvalue weighted by molar-refractivity contribution is -0.143. The number of rotatable bonds is 1. The van der Waals surface area contributed by atoms with Crippen LogP contribution in [0.4, 0.5) is 26.3 Å². The van der Waals surface area contributed by atoms with Crippen LogP contribution in [0.15, 0.2) is 24.1 Å². The van der Waals surface area contributed by atoms with Gasteiger partial charge in [0.05, 0.1) is 16.7 Å². The average Bonchev–Trinajstić information content (AvgIpc) is 2.66. The maximum atomic E-state index is 12.7. The Bertz CT molecular complexity index is 597. The van der Waals surface area contributed by atoms with Crippen LogP contribution in [0.5, 0.6) is 0 Å². The van der Waals surface area contributed by atoms with E-state index in [0.717, 1.165) is 0 Å². The number of benzene rings is 1. The van der Waals surface area contributed by atoms with E-state index in [0.29, 0.717) is 12.1 Å². The molecule has 3 nitrogen and oxygen atoms in total. The molecule has 114 valence electrons. The minimum absolute atomic E-state index is 0.0272. The van der Waals surface area contributed by atoms with Gasteiger partial charge in [0.25, 0.3) is 0 Å². The van der Waals surface area contributed by atoms with Crippen LogP contribution in [0.25, 0.3) is 5.57 Å². The number of Topliss-reactive ketones (excluding diaryl/α,β-unsaturated/α-hetero) is 1. The van der Waals surface area contributed by atoms with Gasteiger partial charge in [0.15, 0.2) is 12.5 Å². The Morgan fingerprint density at radius 2 is 1.43 bits per heavy atom. The van der Waals surface area contributed by atoms with Crippen LogP contribution in [-0.4, -0.2) is 12.4 Å². The number of ketones is 1. The minimum atomic E-state index is -4.99. The third-order valence-corrected chi connectivity index (χ3v) is 2.76. The molecule has 0 saturated carbocycles. The maximum absolute atomic E-state index is 12.7. The molecule has 0 radical (unpaired) electrons. The summed E-state index contributed by atoms with van der Waals surface area (Å²) < 4.78 is 80.7. The molecular weight excluding hydrogens is 304 g/mol. The molecule has 0 aliphatic carbocycles. The van der Waals surface area contributed by atoms with Crippen molar-refractivity contribution in [1.29, 1.82) is 0 Å². The van der Waals surface area contributed by atoms with E-state index in [-0.39, 0.29) is 6.07 Å². The van der Waals surface area contributed by atoms with Crippen molar-refractivity contribution < 1.29 is 35.9 Å². The molecule has 2 rings (SSSR count). The number of nitrogens with two attached hydrogens (primary N) is 1. The van der Waals surface area contributed by atoms with Gasteiger partial charge in [-0.05, 0) is 23.8 Å². The van der Waals surface area contributed by atoms with Gasteiger partial charge in [0.1, 0.15) is 0 Å². The van der Waals surface area contributed by atoms with E-state index in [1.807, 2.05) is 0 Å². The van der Waals surface area contributed by atoms with E-state index in [4.69, 9.17) is 5.73 Å². The Balaban J connectivity index is 2.67. The maximum Gasteiger partial charge on any atom is 0.416 e. The van der Waals surface area contributed by atoms with Gasteiger partial charge in [-0.25, -0.2) is 0 Å². The smallest absolute Gasteiger partial charge is 0.416 e. The number of alkyl halides is 6. The van der Waals surface area contributed by atoms with Crippen molar-refractivity contribution in [3.63, 3.8) is 0 Å². The van der Waals surface area contributed by atoms with Crippen LogP contribution in [-0.2, 0) is 21.9 Å². The lowest BCUT2D eigenvalue weighted by Gasteiger charge is -2.14. The second-order valence-electron chi connectivity index (χ2n) is 4.25. The Kier molecular flexibility index (Phi) is 3.38. The Hall–Kier alpha value is -2.19. The number of halogens is 6. The number of carbonyl (C=O) groups is 1. The molecule has 0 saturated heterocycles. The first-order chi connectivity index (χ1) is 9.50. The van der Waals surface area contributed by atoms with Crippen molar-refractivity contribution in [3.8, 4) is 0 Å². The zero-order chi connectivity index (χ0) is 16.0. The van der Waals surface area contributed by atoms with Crippen LogP contribution in [0, 0.1) is 0 Å². The summed E-state index contributed by atoms with van der Waals surface area (Å²) in [6.45, 7) is -0.515. The summed E-state index contributed by atoms with van der Waals surface area (Å²) in [6, 6.07) is 0.842. The first-order valence-corrected chi connectivity index (χ1v) is 5.46. The fraction of sp³-hybridized carbons (Fsp3) is 0.250. The summed E-state index contributed by atoms with van der Waals surface area (Å²) in [5.74, 6) is -1.27.